The van der Waals surface area contributed by atoms with Crippen LogP contribution >= 0.6 is 11.3 Å². The molecule has 8 heteroatoms. The molecule has 0 aliphatic heterocycles. The maximum atomic E-state index is 12.4. The van der Waals surface area contributed by atoms with Gasteiger partial charge in [0.15, 0.2) is 5.52 Å². The maximum absolute atomic E-state index is 12.4. The van der Waals surface area contributed by atoms with Gasteiger partial charge in [-0.15, -0.1) is 11.3 Å². The number of nitrogens with zero attached hydrogens (tertiary/aromatic N) is 2. The van der Waals surface area contributed by atoms with Crippen LogP contribution in [0.15, 0.2) is 45.2 Å². The van der Waals surface area contributed by atoms with Crippen molar-refractivity contribution in [2.75, 3.05) is 0 Å². The molecular weight excluding hydrogens is 298 g/mol. The van der Waals surface area contributed by atoms with E-state index in [9.17, 15) is 8.42 Å². The van der Waals surface area contributed by atoms with Crippen molar-refractivity contribution in [2.45, 2.75) is 17.9 Å². The molecule has 0 aliphatic rings. The Morgan fingerprint density at radius 3 is 2.85 bits per heavy atom. The van der Waals surface area contributed by atoms with Crippen LogP contribution in [0.1, 0.15) is 17.8 Å². The molecule has 20 heavy (non-hydrogen) atoms. The van der Waals surface area contributed by atoms with Crippen LogP contribution in [0.25, 0.3) is 11.0 Å². The van der Waals surface area contributed by atoms with E-state index in [1.807, 2.05) is 17.5 Å². The van der Waals surface area contributed by atoms with Gasteiger partial charge in [0.2, 0.25) is 10.0 Å². The van der Waals surface area contributed by atoms with Gasteiger partial charge in [0.1, 0.15) is 10.4 Å². The zero-order valence-corrected chi connectivity index (χ0v) is 12.1. The Kier molecular flexibility index (Phi) is 3.28. The van der Waals surface area contributed by atoms with Gasteiger partial charge in [0.05, 0.1) is 6.04 Å². The molecule has 2 heterocycles. The van der Waals surface area contributed by atoms with E-state index in [1.165, 1.54) is 17.4 Å². The summed E-state index contributed by atoms with van der Waals surface area (Å²) >= 11 is 1.50. The van der Waals surface area contributed by atoms with E-state index in [1.54, 1.807) is 19.1 Å². The van der Waals surface area contributed by atoms with Crippen molar-refractivity contribution in [1.29, 1.82) is 0 Å². The molecule has 0 saturated carbocycles. The van der Waals surface area contributed by atoms with Gasteiger partial charge in [0, 0.05) is 4.88 Å². The highest BCUT2D eigenvalue weighted by Crippen LogP contribution is 2.24. The van der Waals surface area contributed by atoms with Crippen molar-refractivity contribution in [3.05, 3.63) is 40.6 Å². The molecule has 1 atom stereocenters. The summed E-state index contributed by atoms with van der Waals surface area (Å²) in [5.41, 5.74) is 0.648. The standard InChI is InChI=1S/C12H11N3O3S2/c1-8(10-5-3-7-19-10)15-20(16,17)11-6-2-4-9-12(11)14-18-13-9/h2-8,15H,1H3/t8-/m0/s1. The van der Waals surface area contributed by atoms with E-state index in [-0.39, 0.29) is 16.5 Å². The van der Waals surface area contributed by atoms with Crippen molar-refractivity contribution in [3.8, 4) is 0 Å². The van der Waals surface area contributed by atoms with Crippen LogP contribution in [-0.4, -0.2) is 18.7 Å². The molecule has 2 aromatic heterocycles. The van der Waals surface area contributed by atoms with Gasteiger partial charge in [-0.3, -0.25) is 0 Å². The van der Waals surface area contributed by atoms with Crippen molar-refractivity contribution in [2.24, 2.45) is 0 Å². The molecule has 0 bridgehead atoms. The molecule has 1 aromatic carbocycles. The molecule has 6 nitrogen and oxygen atoms in total. The van der Waals surface area contributed by atoms with Crippen LogP contribution in [0.4, 0.5) is 0 Å². The second kappa shape index (κ2) is 4.97. The Labute approximate surface area is 119 Å². The molecule has 3 aromatic rings. The lowest BCUT2D eigenvalue weighted by Crippen LogP contribution is -2.26. The second-order valence-electron chi connectivity index (χ2n) is 4.25. The first-order chi connectivity index (χ1) is 9.58. The summed E-state index contributed by atoms with van der Waals surface area (Å²) in [6.07, 6.45) is 0. The van der Waals surface area contributed by atoms with E-state index in [0.717, 1.165) is 4.88 Å². The fourth-order valence-corrected chi connectivity index (χ4v) is 4.07. The van der Waals surface area contributed by atoms with Crippen LogP contribution in [-0.2, 0) is 10.0 Å². The van der Waals surface area contributed by atoms with Gasteiger partial charge >= 0.3 is 0 Å². The minimum absolute atomic E-state index is 0.0691. The van der Waals surface area contributed by atoms with E-state index in [4.69, 9.17) is 0 Å². The van der Waals surface area contributed by atoms with Crippen LogP contribution in [0.3, 0.4) is 0 Å². The fourth-order valence-electron chi connectivity index (χ4n) is 1.89. The van der Waals surface area contributed by atoms with Gasteiger partial charge in [-0.1, -0.05) is 12.1 Å². The van der Waals surface area contributed by atoms with Crippen LogP contribution in [0.2, 0.25) is 0 Å². The molecule has 0 fully saturated rings. The third-order valence-corrected chi connectivity index (χ3v) is 5.47. The molecule has 0 radical (unpaired) electrons. The van der Waals surface area contributed by atoms with Crippen LogP contribution < -0.4 is 4.72 Å². The van der Waals surface area contributed by atoms with E-state index >= 15 is 0 Å². The van der Waals surface area contributed by atoms with Crippen molar-refractivity contribution in [1.82, 2.24) is 15.0 Å². The third-order valence-electron chi connectivity index (χ3n) is 2.84. The Hall–Kier alpha value is -1.77. The minimum atomic E-state index is -3.69. The molecule has 104 valence electrons. The summed E-state index contributed by atoms with van der Waals surface area (Å²) in [4.78, 5) is 1.01. The van der Waals surface area contributed by atoms with Crippen molar-refractivity contribution >= 4 is 32.4 Å². The first-order valence-corrected chi connectivity index (χ1v) is 8.21. The topological polar surface area (TPSA) is 85.1 Å². The van der Waals surface area contributed by atoms with Gasteiger partial charge < -0.3 is 0 Å². The Morgan fingerprint density at radius 1 is 1.25 bits per heavy atom. The lowest BCUT2D eigenvalue weighted by atomic mass is 10.3. The van der Waals surface area contributed by atoms with Crippen LogP contribution in [0, 0.1) is 0 Å². The summed E-state index contributed by atoms with van der Waals surface area (Å²) in [6.45, 7) is 1.80. The molecular formula is C12H11N3O3S2. The molecule has 0 aliphatic carbocycles. The Balaban J connectivity index is 1.98. The number of nitrogens with one attached hydrogen (secondary N) is 1. The highest BCUT2D eigenvalue weighted by atomic mass is 32.2. The molecule has 0 spiro atoms. The van der Waals surface area contributed by atoms with Gasteiger partial charge in [-0.25, -0.2) is 17.8 Å². The van der Waals surface area contributed by atoms with E-state index in [0.29, 0.717) is 5.52 Å². The van der Waals surface area contributed by atoms with Crippen molar-refractivity contribution in [3.63, 3.8) is 0 Å². The van der Waals surface area contributed by atoms with Crippen molar-refractivity contribution < 1.29 is 13.0 Å². The second-order valence-corrected chi connectivity index (χ2v) is 6.91. The monoisotopic (exact) mass is 309 g/mol. The number of rotatable bonds is 4. The first kappa shape index (κ1) is 13.2. The summed E-state index contributed by atoms with van der Waals surface area (Å²) in [5, 5.41) is 9.20. The number of hydrogen-bond donors (Lipinski definition) is 1. The Bertz CT molecular complexity index is 825. The SMILES string of the molecule is C[C@H](NS(=O)(=O)c1cccc2nonc12)c1cccs1. The predicted molar refractivity (Wildman–Crippen MR) is 74.9 cm³/mol. The average Bonchev–Trinajstić information content (AvgIpc) is 3.08. The largest absolute Gasteiger partial charge is 0.243 e. The zero-order chi connectivity index (χ0) is 14.2. The number of hydrogen-bond acceptors (Lipinski definition) is 6. The van der Waals surface area contributed by atoms with Gasteiger partial charge in [-0.05, 0) is 40.8 Å². The fraction of sp³-hybridized carbons (Fsp3) is 0.167. The predicted octanol–water partition coefficient (Wildman–Crippen LogP) is 2.32. The third kappa shape index (κ3) is 2.33. The van der Waals surface area contributed by atoms with E-state index < -0.39 is 10.0 Å². The number of thiophene rings is 1. The number of benzene rings is 1. The van der Waals surface area contributed by atoms with Gasteiger partial charge in [-0.2, -0.15) is 0 Å². The number of sulfonamides is 1. The summed E-state index contributed by atoms with van der Waals surface area (Å²) in [7, 11) is -3.69. The lowest BCUT2D eigenvalue weighted by molar-refractivity contribution is 0.315. The average molecular weight is 309 g/mol. The molecule has 1 N–H and O–H groups in total. The lowest BCUT2D eigenvalue weighted by Gasteiger charge is -2.12. The Morgan fingerprint density at radius 2 is 2.10 bits per heavy atom. The summed E-state index contributed by atoms with van der Waals surface area (Å²) < 4.78 is 32.1. The molecule has 0 unspecified atom stereocenters. The highest BCUT2D eigenvalue weighted by molar-refractivity contribution is 7.89. The number of fused-ring (bicyclic) bond motifs is 1. The number of aromatic nitrogens is 2. The first-order valence-electron chi connectivity index (χ1n) is 5.85. The summed E-state index contributed by atoms with van der Waals surface area (Å²) in [6, 6.07) is 8.19. The van der Waals surface area contributed by atoms with Gasteiger partial charge in [0.25, 0.3) is 0 Å². The van der Waals surface area contributed by atoms with E-state index in [2.05, 4.69) is 19.7 Å². The molecule has 0 amide bonds. The smallest absolute Gasteiger partial charge is 0.243 e. The highest BCUT2D eigenvalue weighted by Gasteiger charge is 2.23. The maximum Gasteiger partial charge on any atom is 0.243 e. The zero-order valence-electron chi connectivity index (χ0n) is 10.5. The summed E-state index contributed by atoms with van der Waals surface area (Å²) in [5.74, 6) is 0. The molecule has 3 rings (SSSR count). The normalized spacial score (nSPS) is 13.7. The quantitative estimate of drug-likeness (QED) is 0.799. The molecule has 0 saturated heterocycles. The minimum Gasteiger partial charge on any atom is -0.243 e. The van der Waals surface area contributed by atoms with Crippen LogP contribution in [0.5, 0.6) is 0 Å².